The summed E-state index contributed by atoms with van der Waals surface area (Å²) in [6, 6.07) is 18.3. The van der Waals surface area contributed by atoms with Gasteiger partial charge in [0.2, 0.25) is 5.82 Å². The highest BCUT2D eigenvalue weighted by Gasteiger charge is 2.18. The number of hydrogen-bond acceptors (Lipinski definition) is 7. The van der Waals surface area contributed by atoms with Crippen molar-refractivity contribution in [2.24, 2.45) is 5.10 Å². The monoisotopic (exact) mass is 523 g/mol. The van der Waals surface area contributed by atoms with E-state index in [-0.39, 0.29) is 11.4 Å². The van der Waals surface area contributed by atoms with Gasteiger partial charge in [-0.1, -0.05) is 24.3 Å². The molecule has 0 aliphatic carbocycles. The zero-order chi connectivity index (χ0) is 27.4. The molecule has 0 aliphatic rings. The van der Waals surface area contributed by atoms with Crippen molar-refractivity contribution in [3.05, 3.63) is 94.8 Å². The molecule has 5 rings (SSSR count). The Hall–Kier alpha value is -4.85. The van der Waals surface area contributed by atoms with E-state index in [1.807, 2.05) is 56.3 Å². The van der Waals surface area contributed by atoms with Crippen molar-refractivity contribution in [3.63, 3.8) is 0 Å². The van der Waals surface area contributed by atoms with E-state index in [4.69, 9.17) is 23.6 Å². The highest BCUT2D eigenvalue weighted by molar-refractivity contribution is 5.89. The van der Waals surface area contributed by atoms with E-state index >= 15 is 0 Å². The molecule has 0 radical (unpaired) electrons. The highest BCUT2D eigenvalue weighted by Crippen LogP contribution is 2.34. The summed E-state index contributed by atoms with van der Waals surface area (Å²) in [6.45, 7) is 8.69. The van der Waals surface area contributed by atoms with E-state index < -0.39 is 0 Å². The molecule has 0 saturated heterocycles. The van der Waals surface area contributed by atoms with Gasteiger partial charge in [-0.05, 0) is 68.3 Å². The first-order valence-corrected chi connectivity index (χ1v) is 12.7. The predicted octanol–water partition coefficient (Wildman–Crippen LogP) is 6.23. The van der Waals surface area contributed by atoms with Crippen LogP contribution in [0.2, 0.25) is 0 Å². The summed E-state index contributed by atoms with van der Waals surface area (Å²) in [7, 11) is 1.60. The Morgan fingerprint density at radius 1 is 1.00 bits per heavy atom. The van der Waals surface area contributed by atoms with Gasteiger partial charge in [-0.3, -0.25) is 4.79 Å². The van der Waals surface area contributed by atoms with Gasteiger partial charge in [-0.25, -0.2) is 4.98 Å². The zero-order valence-corrected chi connectivity index (χ0v) is 22.1. The van der Waals surface area contributed by atoms with Crippen molar-refractivity contribution >= 4 is 28.1 Å². The van der Waals surface area contributed by atoms with E-state index in [9.17, 15) is 4.79 Å². The number of hydrogen-bond donors (Lipinski definition) is 0. The smallest absolute Gasteiger partial charge is 0.282 e. The number of methoxy groups -OCH3 is 1. The average molecular weight is 524 g/mol. The standard InChI is InChI=1S/C31H29N3O5/c1-5-11-21-16-20(17-27(37-6-2)29(21)38-7-3)19-32-34-30(33-24-13-9-8-12-22(24)31(34)35)28-18-23-25(36-4)14-10-15-26(23)39-28/h5,8-10,12-19H,1,6-7,11H2,2-4H3. The molecule has 0 spiro atoms. The number of para-hydroxylation sites is 1. The van der Waals surface area contributed by atoms with Gasteiger partial charge in [0.15, 0.2) is 17.3 Å². The van der Waals surface area contributed by atoms with Gasteiger partial charge >= 0.3 is 0 Å². The van der Waals surface area contributed by atoms with Crippen LogP contribution in [-0.2, 0) is 6.42 Å². The van der Waals surface area contributed by atoms with Crippen molar-refractivity contribution in [2.75, 3.05) is 20.3 Å². The van der Waals surface area contributed by atoms with Gasteiger partial charge in [0.25, 0.3) is 5.56 Å². The lowest BCUT2D eigenvalue weighted by atomic mass is 10.1. The summed E-state index contributed by atoms with van der Waals surface area (Å²) < 4.78 is 24.6. The fraction of sp³-hybridized carbons (Fsp3) is 0.194. The predicted molar refractivity (Wildman–Crippen MR) is 153 cm³/mol. The van der Waals surface area contributed by atoms with Crippen molar-refractivity contribution in [3.8, 4) is 28.8 Å². The Morgan fingerprint density at radius 3 is 2.59 bits per heavy atom. The molecule has 8 nitrogen and oxygen atoms in total. The van der Waals surface area contributed by atoms with E-state index in [0.29, 0.717) is 59.1 Å². The lowest BCUT2D eigenvalue weighted by molar-refractivity contribution is 0.285. The van der Waals surface area contributed by atoms with Crippen LogP contribution in [-0.4, -0.2) is 36.2 Å². The van der Waals surface area contributed by atoms with Crippen LogP contribution in [0, 0.1) is 0 Å². The minimum atomic E-state index is -0.318. The Morgan fingerprint density at radius 2 is 1.82 bits per heavy atom. The van der Waals surface area contributed by atoms with Crippen molar-refractivity contribution in [1.29, 1.82) is 0 Å². The van der Waals surface area contributed by atoms with Crippen LogP contribution in [0.15, 0.2) is 87.6 Å². The number of rotatable bonds is 10. The first kappa shape index (κ1) is 25.8. The maximum absolute atomic E-state index is 13.6. The summed E-state index contributed by atoms with van der Waals surface area (Å²) in [4.78, 5) is 18.4. The number of ether oxygens (including phenoxy) is 3. The fourth-order valence-electron chi connectivity index (χ4n) is 4.47. The van der Waals surface area contributed by atoms with Crippen LogP contribution in [0.5, 0.6) is 17.2 Å². The molecule has 5 aromatic rings. The van der Waals surface area contributed by atoms with Crippen LogP contribution in [0.25, 0.3) is 33.5 Å². The van der Waals surface area contributed by atoms with E-state index in [1.54, 1.807) is 37.6 Å². The molecule has 0 bridgehead atoms. The molecule has 0 saturated carbocycles. The lowest BCUT2D eigenvalue weighted by Gasteiger charge is -2.15. The third-order valence-electron chi connectivity index (χ3n) is 6.14. The second kappa shape index (κ2) is 11.3. The Kier molecular flexibility index (Phi) is 7.45. The van der Waals surface area contributed by atoms with Crippen LogP contribution in [0.3, 0.4) is 0 Å². The summed E-state index contributed by atoms with van der Waals surface area (Å²) >= 11 is 0. The molecule has 0 N–H and O–H groups in total. The van der Waals surface area contributed by atoms with E-state index in [1.165, 1.54) is 4.68 Å². The lowest BCUT2D eigenvalue weighted by Crippen LogP contribution is -2.20. The number of fused-ring (bicyclic) bond motifs is 2. The molecule has 0 fully saturated rings. The number of nitrogens with zero attached hydrogens (tertiary/aromatic N) is 3. The van der Waals surface area contributed by atoms with Crippen LogP contribution >= 0.6 is 0 Å². The molecule has 0 amide bonds. The molecule has 39 heavy (non-hydrogen) atoms. The second-order valence-corrected chi connectivity index (χ2v) is 8.66. The molecule has 3 aromatic carbocycles. The van der Waals surface area contributed by atoms with E-state index in [0.717, 1.165) is 16.5 Å². The van der Waals surface area contributed by atoms with Crippen molar-refractivity contribution in [1.82, 2.24) is 9.66 Å². The number of allylic oxidation sites excluding steroid dienone is 1. The minimum absolute atomic E-state index is 0.274. The topological polar surface area (TPSA) is 88.1 Å². The van der Waals surface area contributed by atoms with E-state index in [2.05, 4.69) is 11.7 Å². The first-order valence-electron chi connectivity index (χ1n) is 12.7. The molecule has 0 aliphatic heterocycles. The fourth-order valence-corrected chi connectivity index (χ4v) is 4.47. The largest absolute Gasteiger partial charge is 0.496 e. The van der Waals surface area contributed by atoms with Gasteiger partial charge in [-0.2, -0.15) is 9.78 Å². The van der Waals surface area contributed by atoms with Crippen LogP contribution in [0.4, 0.5) is 0 Å². The van der Waals surface area contributed by atoms with Crippen molar-refractivity contribution in [2.45, 2.75) is 20.3 Å². The Labute approximate surface area is 225 Å². The molecule has 0 atom stereocenters. The van der Waals surface area contributed by atoms with Gasteiger partial charge in [0.05, 0.1) is 42.8 Å². The van der Waals surface area contributed by atoms with Crippen LogP contribution in [0.1, 0.15) is 25.0 Å². The molecular weight excluding hydrogens is 494 g/mol. The molecule has 0 unspecified atom stereocenters. The summed E-state index contributed by atoms with van der Waals surface area (Å²) in [5.41, 5.74) is 2.49. The third kappa shape index (κ3) is 5.01. The molecule has 2 aromatic heterocycles. The minimum Gasteiger partial charge on any atom is -0.496 e. The molecule has 8 heteroatoms. The average Bonchev–Trinajstić information content (AvgIpc) is 3.39. The quantitative estimate of drug-likeness (QED) is 0.159. The molecule has 2 heterocycles. The zero-order valence-electron chi connectivity index (χ0n) is 22.1. The summed E-state index contributed by atoms with van der Waals surface area (Å²) in [6.07, 6.45) is 4.00. The van der Waals surface area contributed by atoms with Crippen LogP contribution < -0.4 is 19.8 Å². The Balaban J connectivity index is 1.69. The number of aromatic nitrogens is 2. The maximum Gasteiger partial charge on any atom is 0.282 e. The summed E-state index contributed by atoms with van der Waals surface area (Å²) in [5.74, 6) is 2.61. The summed E-state index contributed by atoms with van der Waals surface area (Å²) in [5, 5.41) is 5.82. The number of furan rings is 1. The van der Waals surface area contributed by atoms with Gasteiger partial charge < -0.3 is 18.6 Å². The first-order chi connectivity index (χ1) is 19.1. The van der Waals surface area contributed by atoms with Crippen molar-refractivity contribution < 1.29 is 18.6 Å². The Bertz CT molecular complexity index is 1750. The third-order valence-corrected chi connectivity index (χ3v) is 6.14. The van der Waals surface area contributed by atoms with Gasteiger partial charge in [0, 0.05) is 5.56 Å². The molecular formula is C31H29N3O5. The van der Waals surface area contributed by atoms with Gasteiger partial charge in [0.1, 0.15) is 11.3 Å². The second-order valence-electron chi connectivity index (χ2n) is 8.66. The van der Waals surface area contributed by atoms with Gasteiger partial charge in [-0.15, -0.1) is 6.58 Å². The highest BCUT2D eigenvalue weighted by atomic mass is 16.5. The number of benzene rings is 3. The normalized spacial score (nSPS) is 11.4. The maximum atomic E-state index is 13.6. The SMILES string of the molecule is C=CCc1cc(C=Nn2c(-c3cc4c(OC)cccc4o3)nc3ccccc3c2=O)cc(OCC)c1OCC. The molecule has 198 valence electrons.